The lowest BCUT2D eigenvalue weighted by Gasteiger charge is -2.07. The fourth-order valence-electron chi connectivity index (χ4n) is 1.86. The third-order valence-corrected chi connectivity index (χ3v) is 2.87. The maximum atomic E-state index is 5.71. The van der Waals surface area contributed by atoms with E-state index in [9.17, 15) is 0 Å². The number of hydrogen-bond donors (Lipinski definition) is 1. The molecule has 0 radical (unpaired) electrons. The molecule has 1 aromatic carbocycles. The van der Waals surface area contributed by atoms with Crippen molar-refractivity contribution in [2.75, 3.05) is 5.73 Å². The maximum Gasteiger partial charge on any atom is 0.0503 e. The van der Waals surface area contributed by atoms with Gasteiger partial charge >= 0.3 is 0 Å². The molecule has 17 heavy (non-hydrogen) atoms. The van der Waals surface area contributed by atoms with Gasteiger partial charge in [-0.3, -0.25) is 4.98 Å². The molecule has 1 aromatic heterocycles. The molecule has 1 heterocycles. The summed E-state index contributed by atoms with van der Waals surface area (Å²) in [5.74, 6) is 0.582. The third-order valence-electron chi connectivity index (χ3n) is 2.87. The van der Waals surface area contributed by atoms with Crippen molar-refractivity contribution in [1.82, 2.24) is 4.98 Å². The largest absolute Gasteiger partial charge is 0.397 e. The molecule has 2 N–H and O–H groups in total. The number of rotatable bonds is 3. The molecule has 0 saturated carbocycles. The number of benzene rings is 1. The van der Waals surface area contributed by atoms with Crippen molar-refractivity contribution in [2.45, 2.75) is 26.2 Å². The standard InChI is InChI=1S/C15H18N2/c1-11(2)14-5-3-12(4-6-14)7-13-8-15(16)10-17-9-13/h3-6,8-11H,7,16H2,1-2H3. The summed E-state index contributed by atoms with van der Waals surface area (Å²) in [4.78, 5) is 4.10. The normalized spacial score (nSPS) is 10.8. The zero-order valence-corrected chi connectivity index (χ0v) is 10.4. The summed E-state index contributed by atoms with van der Waals surface area (Å²) >= 11 is 0. The highest BCUT2D eigenvalue weighted by atomic mass is 14.7. The predicted octanol–water partition coefficient (Wildman–Crippen LogP) is 3.38. The summed E-state index contributed by atoms with van der Waals surface area (Å²) < 4.78 is 0. The lowest BCUT2D eigenvalue weighted by atomic mass is 9.99. The second-order valence-corrected chi connectivity index (χ2v) is 4.70. The molecule has 2 rings (SSSR count). The molecular formula is C15H18N2. The topological polar surface area (TPSA) is 38.9 Å². The minimum absolute atomic E-state index is 0.582. The van der Waals surface area contributed by atoms with Crippen LogP contribution in [0.4, 0.5) is 5.69 Å². The van der Waals surface area contributed by atoms with E-state index in [1.807, 2.05) is 12.3 Å². The van der Waals surface area contributed by atoms with Gasteiger partial charge in [0.15, 0.2) is 0 Å². The Balaban J connectivity index is 2.14. The number of pyridine rings is 1. The number of aromatic nitrogens is 1. The molecule has 0 aliphatic heterocycles. The second-order valence-electron chi connectivity index (χ2n) is 4.70. The van der Waals surface area contributed by atoms with Gasteiger partial charge in [-0.05, 0) is 35.1 Å². The van der Waals surface area contributed by atoms with E-state index in [-0.39, 0.29) is 0 Å². The molecule has 88 valence electrons. The third kappa shape index (κ3) is 3.06. The first-order valence-electron chi connectivity index (χ1n) is 5.93. The second kappa shape index (κ2) is 5.00. The monoisotopic (exact) mass is 226 g/mol. The first-order valence-corrected chi connectivity index (χ1v) is 5.93. The van der Waals surface area contributed by atoms with E-state index >= 15 is 0 Å². The number of anilines is 1. The van der Waals surface area contributed by atoms with Crippen LogP contribution in [-0.2, 0) is 6.42 Å². The van der Waals surface area contributed by atoms with Gasteiger partial charge in [-0.25, -0.2) is 0 Å². The van der Waals surface area contributed by atoms with E-state index in [0.29, 0.717) is 5.92 Å². The molecule has 0 aliphatic rings. The molecule has 2 aromatic rings. The van der Waals surface area contributed by atoms with Gasteiger partial charge in [0.1, 0.15) is 0 Å². The van der Waals surface area contributed by atoms with Crippen molar-refractivity contribution in [3.63, 3.8) is 0 Å². The number of hydrogen-bond acceptors (Lipinski definition) is 2. The zero-order chi connectivity index (χ0) is 12.3. The first-order chi connectivity index (χ1) is 8.15. The molecule has 0 unspecified atom stereocenters. The van der Waals surface area contributed by atoms with Gasteiger partial charge < -0.3 is 5.73 Å². The van der Waals surface area contributed by atoms with E-state index in [0.717, 1.165) is 17.7 Å². The van der Waals surface area contributed by atoms with E-state index in [4.69, 9.17) is 5.73 Å². The molecule has 0 spiro atoms. The summed E-state index contributed by atoms with van der Waals surface area (Å²) in [5, 5.41) is 0. The predicted molar refractivity (Wildman–Crippen MR) is 72.0 cm³/mol. The highest BCUT2D eigenvalue weighted by Crippen LogP contribution is 2.17. The van der Waals surface area contributed by atoms with Crippen molar-refractivity contribution in [3.8, 4) is 0 Å². The molecule has 0 bridgehead atoms. The van der Waals surface area contributed by atoms with Crippen LogP contribution in [-0.4, -0.2) is 4.98 Å². The average Bonchev–Trinajstić information content (AvgIpc) is 2.29. The Morgan fingerprint density at radius 2 is 1.76 bits per heavy atom. The minimum Gasteiger partial charge on any atom is -0.397 e. The van der Waals surface area contributed by atoms with Crippen LogP contribution in [0.25, 0.3) is 0 Å². The Labute approximate surface area is 103 Å². The van der Waals surface area contributed by atoms with Gasteiger partial charge in [0.05, 0.1) is 5.69 Å². The first kappa shape index (κ1) is 11.6. The maximum absolute atomic E-state index is 5.71. The summed E-state index contributed by atoms with van der Waals surface area (Å²) in [5.41, 5.74) is 10.3. The van der Waals surface area contributed by atoms with Crippen LogP contribution < -0.4 is 5.73 Å². The summed E-state index contributed by atoms with van der Waals surface area (Å²) in [7, 11) is 0. The summed E-state index contributed by atoms with van der Waals surface area (Å²) in [6.45, 7) is 4.41. The van der Waals surface area contributed by atoms with Crippen LogP contribution in [0.5, 0.6) is 0 Å². The summed E-state index contributed by atoms with van der Waals surface area (Å²) in [6.07, 6.45) is 4.43. The number of nitrogens with two attached hydrogens (primary N) is 1. The number of nitrogens with zero attached hydrogens (tertiary/aromatic N) is 1. The number of nitrogen functional groups attached to an aromatic ring is 1. The minimum atomic E-state index is 0.582. The highest BCUT2D eigenvalue weighted by molar-refractivity contribution is 5.39. The fraction of sp³-hybridized carbons (Fsp3) is 0.267. The van der Waals surface area contributed by atoms with Crippen LogP contribution >= 0.6 is 0 Å². The fourth-order valence-corrected chi connectivity index (χ4v) is 1.86. The van der Waals surface area contributed by atoms with Crippen LogP contribution in [0.3, 0.4) is 0 Å². The van der Waals surface area contributed by atoms with Crippen molar-refractivity contribution >= 4 is 5.69 Å². The van der Waals surface area contributed by atoms with Gasteiger partial charge in [-0.2, -0.15) is 0 Å². The van der Waals surface area contributed by atoms with Crippen LogP contribution in [0.2, 0.25) is 0 Å². The average molecular weight is 226 g/mol. The molecule has 0 atom stereocenters. The van der Waals surface area contributed by atoms with Crippen molar-refractivity contribution in [1.29, 1.82) is 0 Å². The van der Waals surface area contributed by atoms with Crippen LogP contribution in [0, 0.1) is 0 Å². The van der Waals surface area contributed by atoms with Gasteiger partial charge in [0, 0.05) is 12.4 Å². The van der Waals surface area contributed by atoms with Crippen molar-refractivity contribution < 1.29 is 0 Å². The molecule has 0 aliphatic carbocycles. The molecular weight excluding hydrogens is 208 g/mol. The van der Waals surface area contributed by atoms with Gasteiger partial charge in [-0.1, -0.05) is 38.1 Å². The van der Waals surface area contributed by atoms with Crippen LogP contribution in [0.15, 0.2) is 42.7 Å². The Morgan fingerprint density at radius 1 is 1.06 bits per heavy atom. The Hall–Kier alpha value is -1.83. The molecule has 2 nitrogen and oxygen atoms in total. The van der Waals surface area contributed by atoms with Crippen molar-refractivity contribution in [3.05, 3.63) is 59.4 Å². The Kier molecular flexibility index (Phi) is 3.43. The molecule has 0 fully saturated rings. The van der Waals surface area contributed by atoms with Crippen LogP contribution in [0.1, 0.15) is 36.5 Å². The quantitative estimate of drug-likeness (QED) is 0.871. The van der Waals surface area contributed by atoms with Gasteiger partial charge in [-0.15, -0.1) is 0 Å². The molecule has 0 amide bonds. The van der Waals surface area contributed by atoms with E-state index in [1.54, 1.807) is 6.20 Å². The van der Waals surface area contributed by atoms with Crippen molar-refractivity contribution in [2.24, 2.45) is 0 Å². The lowest BCUT2D eigenvalue weighted by molar-refractivity contribution is 0.865. The summed E-state index contributed by atoms with van der Waals surface area (Å²) in [6, 6.07) is 10.7. The highest BCUT2D eigenvalue weighted by Gasteiger charge is 2.00. The van der Waals surface area contributed by atoms with E-state index in [1.165, 1.54) is 11.1 Å². The van der Waals surface area contributed by atoms with Gasteiger partial charge in [0.2, 0.25) is 0 Å². The van der Waals surface area contributed by atoms with E-state index < -0.39 is 0 Å². The SMILES string of the molecule is CC(C)c1ccc(Cc2cncc(N)c2)cc1. The zero-order valence-electron chi connectivity index (χ0n) is 10.4. The Morgan fingerprint density at radius 3 is 2.35 bits per heavy atom. The molecule has 0 saturated heterocycles. The lowest BCUT2D eigenvalue weighted by Crippen LogP contribution is -1.94. The molecule has 2 heteroatoms. The smallest absolute Gasteiger partial charge is 0.0503 e. The van der Waals surface area contributed by atoms with Gasteiger partial charge in [0.25, 0.3) is 0 Å². The Bertz CT molecular complexity index is 487. The van der Waals surface area contributed by atoms with E-state index in [2.05, 4.69) is 43.1 Å².